The van der Waals surface area contributed by atoms with Gasteiger partial charge in [0.25, 0.3) is 0 Å². The number of hydrogen-bond acceptors (Lipinski definition) is 5. The maximum atomic E-state index is 13.2. The van der Waals surface area contributed by atoms with E-state index in [-0.39, 0.29) is 29.8 Å². The molecule has 0 atom stereocenters. The second kappa shape index (κ2) is 7.58. The Labute approximate surface area is 161 Å². The average molecular weight is 374 g/mol. The van der Waals surface area contributed by atoms with Crippen molar-refractivity contribution in [1.29, 1.82) is 0 Å². The van der Waals surface area contributed by atoms with Crippen molar-refractivity contribution in [3.05, 3.63) is 83.8 Å². The largest absolute Gasteiger partial charge is 0.361 e. The summed E-state index contributed by atoms with van der Waals surface area (Å²) in [6.07, 6.45) is 6.16. The van der Waals surface area contributed by atoms with Crippen molar-refractivity contribution in [3.63, 3.8) is 0 Å². The number of ketones is 2. The Morgan fingerprint density at radius 1 is 1.11 bits per heavy atom. The standard InChI is InChI=1S/C21H18N4O3/c1-2-28-13-25-18(19(26)14-6-5-9-22-10-14)12-24-21(25)20(27)16-11-23-17-8-4-3-7-15(16)17/h3-12,23H,2,13H2,1H3. The lowest BCUT2D eigenvalue weighted by Crippen LogP contribution is -2.18. The van der Waals surface area contributed by atoms with Crippen LogP contribution in [0.2, 0.25) is 0 Å². The molecule has 0 saturated carbocycles. The summed E-state index contributed by atoms with van der Waals surface area (Å²) < 4.78 is 7.01. The first kappa shape index (κ1) is 17.8. The molecule has 0 amide bonds. The highest BCUT2D eigenvalue weighted by atomic mass is 16.5. The molecule has 1 aromatic carbocycles. The van der Waals surface area contributed by atoms with E-state index in [0.29, 0.717) is 17.7 Å². The van der Waals surface area contributed by atoms with E-state index in [4.69, 9.17) is 4.74 Å². The van der Waals surface area contributed by atoms with Crippen LogP contribution in [0.5, 0.6) is 0 Å². The van der Waals surface area contributed by atoms with Gasteiger partial charge in [0, 0.05) is 41.7 Å². The molecule has 3 aromatic heterocycles. The average Bonchev–Trinajstić information content (AvgIpc) is 3.36. The molecule has 7 nitrogen and oxygen atoms in total. The summed E-state index contributed by atoms with van der Waals surface area (Å²) in [5, 5.41) is 0.804. The highest BCUT2D eigenvalue weighted by Crippen LogP contribution is 2.22. The summed E-state index contributed by atoms with van der Waals surface area (Å²) in [5.74, 6) is -0.383. The van der Waals surface area contributed by atoms with E-state index >= 15 is 0 Å². The number of nitrogens with one attached hydrogen (secondary N) is 1. The first-order chi connectivity index (χ1) is 13.7. The lowest BCUT2D eigenvalue weighted by molar-refractivity contribution is 0.0779. The molecule has 140 valence electrons. The Balaban J connectivity index is 1.77. The van der Waals surface area contributed by atoms with Gasteiger partial charge in [-0.3, -0.25) is 19.1 Å². The number of H-pyrrole nitrogens is 1. The third-order valence-electron chi connectivity index (χ3n) is 4.47. The number of carbonyl (C=O) groups is 2. The van der Waals surface area contributed by atoms with Crippen molar-refractivity contribution < 1.29 is 14.3 Å². The minimum Gasteiger partial charge on any atom is -0.361 e. The Morgan fingerprint density at radius 3 is 2.75 bits per heavy atom. The van der Waals surface area contributed by atoms with Crippen molar-refractivity contribution in [2.75, 3.05) is 6.61 Å². The SMILES string of the molecule is CCOCn1c(C(=O)c2cccnc2)cnc1C(=O)c1c[nH]c2ccccc12. The summed E-state index contributed by atoms with van der Waals surface area (Å²) >= 11 is 0. The molecule has 0 bridgehead atoms. The van der Waals surface area contributed by atoms with Crippen LogP contribution in [0.25, 0.3) is 10.9 Å². The number of nitrogens with zero attached hydrogens (tertiary/aromatic N) is 3. The van der Waals surface area contributed by atoms with Gasteiger partial charge in [-0.05, 0) is 25.1 Å². The van der Waals surface area contributed by atoms with Gasteiger partial charge in [-0.15, -0.1) is 0 Å². The van der Waals surface area contributed by atoms with Crippen LogP contribution >= 0.6 is 0 Å². The Kier molecular flexibility index (Phi) is 4.82. The molecule has 1 N–H and O–H groups in total. The second-order valence-electron chi connectivity index (χ2n) is 6.16. The third kappa shape index (κ3) is 3.12. The smallest absolute Gasteiger partial charge is 0.230 e. The molecule has 0 radical (unpaired) electrons. The van der Waals surface area contributed by atoms with Gasteiger partial charge in [-0.25, -0.2) is 4.98 Å². The minimum absolute atomic E-state index is 0.0568. The predicted molar refractivity (Wildman–Crippen MR) is 103 cm³/mol. The van der Waals surface area contributed by atoms with Crippen molar-refractivity contribution in [3.8, 4) is 0 Å². The number of rotatable bonds is 7. The highest BCUT2D eigenvalue weighted by molar-refractivity contribution is 6.16. The Bertz CT molecular complexity index is 1140. The molecule has 0 aliphatic carbocycles. The fraction of sp³-hybridized carbons (Fsp3) is 0.143. The molecular weight excluding hydrogens is 356 g/mol. The van der Waals surface area contributed by atoms with E-state index in [1.807, 2.05) is 31.2 Å². The van der Waals surface area contributed by atoms with E-state index < -0.39 is 0 Å². The molecule has 3 heterocycles. The fourth-order valence-corrected chi connectivity index (χ4v) is 3.08. The second-order valence-corrected chi connectivity index (χ2v) is 6.16. The van der Waals surface area contributed by atoms with Crippen LogP contribution in [-0.2, 0) is 11.5 Å². The van der Waals surface area contributed by atoms with Gasteiger partial charge in [-0.2, -0.15) is 0 Å². The number of aromatic nitrogens is 4. The highest BCUT2D eigenvalue weighted by Gasteiger charge is 2.24. The molecular formula is C21H18N4O3. The monoisotopic (exact) mass is 374 g/mol. The molecule has 28 heavy (non-hydrogen) atoms. The zero-order valence-corrected chi connectivity index (χ0v) is 15.3. The van der Waals surface area contributed by atoms with Gasteiger partial charge in [0.1, 0.15) is 12.4 Å². The minimum atomic E-state index is -0.276. The Hall–Kier alpha value is -3.58. The van der Waals surface area contributed by atoms with Crippen molar-refractivity contribution in [2.24, 2.45) is 0 Å². The number of benzene rings is 1. The molecule has 4 aromatic rings. The molecule has 0 aliphatic rings. The molecule has 0 fully saturated rings. The summed E-state index contributed by atoms with van der Waals surface area (Å²) in [7, 11) is 0. The molecule has 0 unspecified atom stereocenters. The van der Waals surface area contributed by atoms with Gasteiger partial charge < -0.3 is 9.72 Å². The van der Waals surface area contributed by atoms with E-state index in [1.54, 1.807) is 24.5 Å². The zero-order chi connectivity index (χ0) is 19.5. The van der Waals surface area contributed by atoms with E-state index in [9.17, 15) is 9.59 Å². The number of pyridine rings is 1. The number of carbonyl (C=O) groups excluding carboxylic acids is 2. The molecule has 4 rings (SSSR count). The first-order valence-corrected chi connectivity index (χ1v) is 8.89. The maximum absolute atomic E-state index is 13.2. The third-order valence-corrected chi connectivity index (χ3v) is 4.47. The van der Waals surface area contributed by atoms with Gasteiger partial charge in [0.05, 0.1) is 11.8 Å². The topological polar surface area (TPSA) is 89.9 Å². The maximum Gasteiger partial charge on any atom is 0.230 e. The summed E-state index contributed by atoms with van der Waals surface area (Å²) in [6, 6.07) is 10.9. The van der Waals surface area contributed by atoms with E-state index in [0.717, 1.165) is 10.9 Å². The van der Waals surface area contributed by atoms with Crippen LogP contribution in [0.15, 0.2) is 61.2 Å². The number of para-hydroxylation sites is 1. The summed E-state index contributed by atoms with van der Waals surface area (Å²) in [5.41, 5.74) is 2.07. The van der Waals surface area contributed by atoms with Crippen molar-refractivity contribution in [1.82, 2.24) is 19.5 Å². The predicted octanol–water partition coefficient (Wildman–Crippen LogP) is 3.22. The number of aromatic amines is 1. The van der Waals surface area contributed by atoms with Crippen LogP contribution in [0.3, 0.4) is 0 Å². The summed E-state index contributed by atoms with van der Waals surface area (Å²) in [6.45, 7) is 2.35. The van der Waals surface area contributed by atoms with Gasteiger partial charge in [0.15, 0.2) is 5.82 Å². The van der Waals surface area contributed by atoms with Crippen LogP contribution in [-0.4, -0.2) is 37.7 Å². The van der Waals surface area contributed by atoms with E-state index in [1.165, 1.54) is 17.0 Å². The van der Waals surface area contributed by atoms with Crippen LogP contribution in [0.4, 0.5) is 0 Å². The van der Waals surface area contributed by atoms with Gasteiger partial charge >= 0.3 is 0 Å². The lowest BCUT2D eigenvalue weighted by Gasteiger charge is -2.10. The van der Waals surface area contributed by atoms with Crippen LogP contribution in [0.1, 0.15) is 39.2 Å². The zero-order valence-electron chi connectivity index (χ0n) is 15.3. The van der Waals surface area contributed by atoms with Crippen molar-refractivity contribution in [2.45, 2.75) is 13.7 Å². The lowest BCUT2D eigenvalue weighted by atomic mass is 10.1. The quantitative estimate of drug-likeness (QED) is 0.502. The van der Waals surface area contributed by atoms with Crippen molar-refractivity contribution >= 4 is 22.5 Å². The van der Waals surface area contributed by atoms with E-state index in [2.05, 4.69) is 15.0 Å². The summed E-state index contributed by atoms with van der Waals surface area (Å²) in [4.78, 5) is 37.4. The first-order valence-electron chi connectivity index (χ1n) is 8.89. The van der Waals surface area contributed by atoms with Gasteiger partial charge in [-0.1, -0.05) is 18.2 Å². The molecule has 7 heteroatoms. The fourth-order valence-electron chi connectivity index (χ4n) is 3.08. The number of hydrogen-bond donors (Lipinski definition) is 1. The van der Waals surface area contributed by atoms with Gasteiger partial charge in [0.2, 0.25) is 11.6 Å². The molecule has 0 spiro atoms. The van der Waals surface area contributed by atoms with Crippen LogP contribution in [0, 0.1) is 0 Å². The number of imidazole rings is 1. The molecule has 0 saturated heterocycles. The van der Waals surface area contributed by atoms with Crippen LogP contribution < -0.4 is 0 Å². The number of ether oxygens (including phenoxy) is 1. The Morgan fingerprint density at radius 2 is 1.96 bits per heavy atom. The number of fused-ring (bicyclic) bond motifs is 1. The molecule has 0 aliphatic heterocycles. The normalized spacial score (nSPS) is 11.0.